The summed E-state index contributed by atoms with van der Waals surface area (Å²) < 4.78 is 12.4. The third kappa shape index (κ3) is 4.28. The van der Waals surface area contributed by atoms with Crippen molar-refractivity contribution >= 4 is 15.9 Å². The quantitative estimate of drug-likeness (QED) is 0.863. The second-order valence-corrected chi connectivity index (χ2v) is 6.04. The molecule has 1 aromatic carbocycles. The summed E-state index contributed by atoms with van der Waals surface area (Å²) in [4.78, 5) is 0. The number of hydrogen-bond acceptors (Lipinski definition) is 5. The molecule has 2 rings (SSSR count). The molecule has 0 spiro atoms. The van der Waals surface area contributed by atoms with Crippen molar-refractivity contribution < 1.29 is 9.15 Å². The Bertz CT molecular complexity index is 611. The fourth-order valence-corrected chi connectivity index (χ4v) is 2.75. The smallest absolute Gasteiger partial charge is 0.253 e. The summed E-state index contributed by atoms with van der Waals surface area (Å²) in [6, 6.07) is 4.12. The van der Waals surface area contributed by atoms with Gasteiger partial charge in [0.2, 0.25) is 5.89 Å². The molecule has 0 saturated heterocycles. The molecule has 0 aliphatic carbocycles. The second kappa shape index (κ2) is 7.04. The van der Waals surface area contributed by atoms with Crippen molar-refractivity contribution in [3.05, 3.63) is 39.5 Å². The van der Waals surface area contributed by atoms with E-state index < -0.39 is 0 Å². The van der Waals surface area contributed by atoms with Crippen LogP contribution in [0.4, 0.5) is 0 Å². The van der Waals surface area contributed by atoms with E-state index in [0.29, 0.717) is 11.8 Å². The molecule has 1 aromatic heterocycles. The van der Waals surface area contributed by atoms with Crippen LogP contribution in [-0.2, 0) is 19.4 Å². The Balaban J connectivity index is 2.17. The predicted molar refractivity (Wildman–Crippen MR) is 84.2 cm³/mol. The lowest BCUT2D eigenvalue weighted by Crippen LogP contribution is -2.18. The zero-order valence-corrected chi connectivity index (χ0v) is 14.1. The first-order valence-corrected chi connectivity index (χ1v) is 7.77. The van der Waals surface area contributed by atoms with Gasteiger partial charge in [-0.3, -0.25) is 0 Å². The lowest BCUT2D eigenvalue weighted by atomic mass is 10.0. The molecule has 0 bridgehead atoms. The average Bonchev–Trinajstić information content (AvgIpc) is 2.84. The summed E-state index contributed by atoms with van der Waals surface area (Å²) in [6.45, 7) is 6.22. The Hall–Kier alpha value is -1.40. The highest BCUT2D eigenvalue weighted by molar-refractivity contribution is 9.10. The van der Waals surface area contributed by atoms with Crippen LogP contribution >= 0.6 is 15.9 Å². The zero-order valence-electron chi connectivity index (χ0n) is 12.5. The molecule has 0 aliphatic heterocycles. The molecule has 1 unspecified atom stereocenters. The van der Waals surface area contributed by atoms with Crippen LogP contribution in [0.3, 0.4) is 0 Å². The number of nitrogens with zero attached hydrogens (tertiary/aromatic N) is 2. The number of aromatic nitrogens is 2. The number of benzene rings is 1. The third-order valence-electron chi connectivity index (χ3n) is 3.01. The molecular formula is C15H20BrN3O2. The number of hydrogen-bond donors (Lipinski definition) is 1. The Morgan fingerprint density at radius 3 is 2.67 bits per heavy atom. The van der Waals surface area contributed by atoms with Crippen molar-refractivity contribution in [2.24, 2.45) is 5.73 Å². The predicted octanol–water partition coefficient (Wildman–Crippen LogP) is 3.17. The maximum absolute atomic E-state index is 5.91. The van der Waals surface area contributed by atoms with Gasteiger partial charge in [0.25, 0.3) is 5.89 Å². The van der Waals surface area contributed by atoms with Crippen molar-refractivity contribution in [2.75, 3.05) is 0 Å². The first-order valence-electron chi connectivity index (χ1n) is 6.98. The summed E-state index contributed by atoms with van der Waals surface area (Å²) in [5, 5.41) is 7.89. The number of rotatable bonds is 6. The molecular weight excluding hydrogens is 334 g/mol. The Morgan fingerprint density at radius 2 is 2.05 bits per heavy atom. The van der Waals surface area contributed by atoms with Gasteiger partial charge in [0, 0.05) is 16.9 Å². The molecule has 2 aromatic rings. The summed E-state index contributed by atoms with van der Waals surface area (Å²) in [5.41, 5.74) is 8.04. The molecule has 5 nitrogen and oxygen atoms in total. The van der Waals surface area contributed by atoms with Gasteiger partial charge in [0.15, 0.2) is 6.61 Å². The summed E-state index contributed by atoms with van der Waals surface area (Å²) in [7, 11) is 0. The first-order chi connectivity index (χ1) is 9.99. The van der Waals surface area contributed by atoms with Crippen LogP contribution in [-0.4, -0.2) is 16.2 Å². The molecule has 1 atom stereocenters. The lowest BCUT2D eigenvalue weighted by molar-refractivity contribution is 0.255. The maximum atomic E-state index is 5.91. The third-order valence-corrected chi connectivity index (χ3v) is 3.47. The van der Waals surface area contributed by atoms with E-state index >= 15 is 0 Å². The SMILES string of the molecule is CCc1nnc(COc2c(C)cc(Br)cc2CC(C)N)o1. The minimum Gasteiger partial charge on any atom is -0.483 e. The van der Waals surface area contributed by atoms with Gasteiger partial charge < -0.3 is 14.9 Å². The Labute approximate surface area is 133 Å². The van der Waals surface area contributed by atoms with Crippen molar-refractivity contribution in [3.63, 3.8) is 0 Å². The molecule has 114 valence electrons. The fourth-order valence-electron chi connectivity index (χ4n) is 2.13. The average molecular weight is 354 g/mol. The van der Waals surface area contributed by atoms with Crippen LogP contribution in [0.25, 0.3) is 0 Å². The van der Waals surface area contributed by atoms with Gasteiger partial charge in [-0.25, -0.2) is 0 Å². The Kier molecular flexibility index (Phi) is 5.36. The largest absolute Gasteiger partial charge is 0.483 e. The zero-order chi connectivity index (χ0) is 15.4. The van der Waals surface area contributed by atoms with Crippen molar-refractivity contribution in [1.29, 1.82) is 0 Å². The molecule has 6 heteroatoms. The van der Waals surface area contributed by atoms with Crippen molar-refractivity contribution in [1.82, 2.24) is 10.2 Å². The number of aryl methyl sites for hydroxylation is 2. The Morgan fingerprint density at radius 1 is 1.33 bits per heavy atom. The lowest BCUT2D eigenvalue weighted by Gasteiger charge is -2.15. The molecule has 0 amide bonds. The van der Waals surface area contributed by atoms with Crippen molar-refractivity contribution in [2.45, 2.75) is 46.3 Å². The van der Waals surface area contributed by atoms with Crippen LogP contribution in [0, 0.1) is 6.92 Å². The van der Waals surface area contributed by atoms with Gasteiger partial charge in [-0.1, -0.05) is 22.9 Å². The van der Waals surface area contributed by atoms with Crippen LogP contribution in [0.5, 0.6) is 5.75 Å². The van der Waals surface area contributed by atoms with Gasteiger partial charge in [-0.05, 0) is 43.5 Å². The normalized spacial score (nSPS) is 12.4. The van der Waals surface area contributed by atoms with Gasteiger partial charge >= 0.3 is 0 Å². The van der Waals surface area contributed by atoms with E-state index in [4.69, 9.17) is 14.9 Å². The van der Waals surface area contributed by atoms with E-state index in [2.05, 4.69) is 26.1 Å². The number of halogens is 1. The highest BCUT2D eigenvalue weighted by Gasteiger charge is 2.13. The highest BCUT2D eigenvalue weighted by Crippen LogP contribution is 2.29. The molecule has 0 saturated carbocycles. The summed E-state index contributed by atoms with van der Waals surface area (Å²) in [6.07, 6.45) is 1.47. The number of ether oxygens (including phenoxy) is 1. The number of nitrogens with two attached hydrogens (primary N) is 1. The molecule has 1 heterocycles. The minimum atomic E-state index is 0.0659. The second-order valence-electron chi connectivity index (χ2n) is 5.12. The molecule has 0 fully saturated rings. The van der Waals surface area contributed by atoms with E-state index in [-0.39, 0.29) is 12.6 Å². The first kappa shape index (κ1) is 16.0. The van der Waals surface area contributed by atoms with E-state index in [1.165, 1.54) is 0 Å². The van der Waals surface area contributed by atoms with E-state index in [1.54, 1.807) is 0 Å². The maximum Gasteiger partial charge on any atom is 0.253 e. The topological polar surface area (TPSA) is 74.2 Å². The van der Waals surface area contributed by atoms with Gasteiger partial charge in [0.05, 0.1) is 0 Å². The van der Waals surface area contributed by atoms with Crippen LogP contribution in [0.15, 0.2) is 21.0 Å². The molecule has 21 heavy (non-hydrogen) atoms. The molecule has 0 aliphatic rings. The van der Waals surface area contributed by atoms with Crippen LogP contribution < -0.4 is 10.5 Å². The van der Waals surface area contributed by atoms with E-state index in [9.17, 15) is 0 Å². The summed E-state index contributed by atoms with van der Waals surface area (Å²) in [5.74, 6) is 1.95. The van der Waals surface area contributed by atoms with Crippen LogP contribution in [0.1, 0.15) is 36.8 Å². The van der Waals surface area contributed by atoms with E-state index in [1.807, 2.05) is 32.9 Å². The molecule has 2 N–H and O–H groups in total. The van der Waals surface area contributed by atoms with Gasteiger partial charge in [-0.15, -0.1) is 10.2 Å². The van der Waals surface area contributed by atoms with Crippen molar-refractivity contribution in [3.8, 4) is 5.75 Å². The monoisotopic (exact) mass is 353 g/mol. The van der Waals surface area contributed by atoms with Crippen LogP contribution in [0.2, 0.25) is 0 Å². The van der Waals surface area contributed by atoms with Gasteiger partial charge in [0.1, 0.15) is 5.75 Å². The highest BCUT2D eigenvalue weighted by atomic mass is 79.9. The van der Waals surface area contributed by atoms with E-state index in [0.717, 1.165) is 34.2 Å². The molecule has 0 radical (unpaired) electrons. The fraction of sp³-hybridized carbons (Fsp3) is 0.467. The summed E-state index contributed by atoms with van der Waals surface area (Å²) >= 11 is 3.51. The van der Waals surface area contributed by atoms with Gasteiger partial charge in [-0.2, -0.15) is 0 Å². The standard InChI is InChI=1S/C15H20BrN3O2/c1-4-13-18-19-14(21-13)8-20-15-9(2)5-12(16)7-11(15)6-10(3)17/h5,7,10H,4,6,8,17H2,1-3H3. The minimum absolute atomic E-state index is 0.0659.